The van der Waals surface area contributed by atoms with Gasteiger partial charge in [0.2, 0.25) is 0 Å². The van der Waals surface area contributed by atoms with Crippen LogP contribution in [0.4, 0.5) is 5.69 Å². The minimum absolute atomic E-state index is 0.0150. The van der Waals surface area contributed by atoms with Crippen LogP contribution in [0.2, 0.25) is 0 Å². The Morgan fingerprint density at radius 2 is 2.00 bits per heavy atom. The van der Waals surface area contributed by atoms with Crippen molar-refractivity contribution in [3.63, 3.8) is 0 Å². The molecule has 0 unspecified atom stereocenters. The maximum Gasteiger partial charge on any atom is 0.250 e. The Morgan fingerprint density at radius 1 is 1.24 bits per heavy atom. The van der Waals surface area contributed by atoms with Crippen LogP contribution < -0.4 is 11.3 Å². The molecule has 1 aliphatic heterocycles. The smallest absolute Gasteiger partial charge is 0.250 e. The maximum atomic E-state index is 11.5. The molecule has 2 N–H and O–H groups in total. The van der Waals surface area contributed by atoms with Crippen LogP contribution in [0.25, 0.3) is 0 Å². The van der Waals surface area contributed by atoms with Gasteiger partial charge in [-0.25, -0.2) is 0 Å². The van der Waals surface area contributed by atoms with Crippen molar-refractivity contribution in [1.29, 1.82) is 0 Å². The second-order valence-electron chi connectivity index (χ2n) is 4.30. The molecular weight excluding hydrogens is 218 g/mol. The third kappa shape index (κ3) is 3.57. The largest absolute Gasteiger partial charge is 0.398 e. The number of morpholine rings is 1. The van der Waals surface area contributed by atoms with Crippen LogP contribution in [0.3, 0.4) is 0 Å². The van der Waals surface area contributed by atoms with Crippen LogP contribution in [0.5, 0.6) is 0 Å². The third-order valence-corrected chi connectivity index (χ3v) is 2.98. The number of hydrogen-bond acceptors (Lipinski definition) is 4. The number of anilines is 1. The summed E-state index contributed by atoms with van der Waals surface area (Å²) in [7, 11) is 0. The maximum absolute atomic E-state index is 11.5. The first kappa shape index (κ1) is 12.1. The lowest BCUT2D eigenvalue weighted by Gasteiger charge is -2.26. The number of pyridine rings is 1. The van der Waals surface area contributed by atoms with E-state index in [1.165, 1.54) is 6.07 Å². The van der Waals surface area contributed by atoms with Gasteiger partial charge in [0, 0.05) is 44.1 Å². The van der Waals surface area contributed by atoms with Crippen LogP contribution in [-0.4, -0.2) is 42.3 Å². The van der Waals surface area contributed by atoms with E-state index in [1.807, 2.05) is 0 Å². The molecular formula is C12H19N3O2. The fraction of sp³-hybridized carbons (Fsp3) is 0.583. The van der Waals surface area contributed by atoms with Crippen molar-refractivity contribution in [3.8, 4) is 0 Å². The van der Waals surface area contributed by atoms with Gasteiger partial charge in [-0.2, -0.15) is 0 Å². The topological polar surface area (TPSA) is 60.5 Å². The van der Waals surface area contributed by atoms with E-state index in [4.69, 9.17) is 10.5 Å². The molecule has 1 aliphatic rings. The molecule has 0 radical (unpaired) electrons. The van der Waals surface area contributed by atoms with Gasteiger partial charge in [-0.1, -0.05) is 0 Å². The van der Waals surface area contributed by atoms with Crippen molar-refractivity contribution in [2.45, 2.75) is 13.0 Å². The second-order valence-corrected chi connectivity index (χ2v) is 4.30. The molecule has 5 heteroatoms. The molecule has 0 atom stereocenters. The van der Waals surface area contributed by atoms with Gasteiger partial charge in [-0.05, 0) is 12.5 Å². The second kappa shape index (κ2) is 5.84. The highest BCUT2D eigenvalue weighted by atomic mass is 16.5. The molecule has 2 heterocycles. The highest BCUT2D eigenvalue weighted by Crippen LogP contribution is 2.00. The monoisotopic (exact) mass is 237 g/mol. The summed E-state index contributed by atoms with van der Waals surface area (Å²) in [6, 6.07) is 3.16. The summed E-state index contributed by atoms with van der Waals surface area (Å²) in [5.41, 5.74) is 6.31. The Hall–Kier alpha value is -1.33. The Labute approximate surface area is 101 Å². The van der Waals surface area contributed by atoms with Crippen molar-refractivity contribution in [2.24, 2.45) is 0 Å². The normalized spacial score (nSPS) is 17.2. The Bertz CT molecular complexity index is 410. The first-order valence-electron chi connectivity index (χ1n) is 6.02. The van der Waals surface area contributed by atoms with Gasteiger partial charge < -0.3 is 15.0 Å². The highest BCUT2D eigenvalue weighted by Gasteiger charge is 2.09. The first-order chi connectivity index (χ1) is 8.25. The number of aromatic nitrogens is 1. The molecule has 1 aromatic heterocycles. The van der Waals surface area contributed by atoms with Crippen LogP contribution in [0, 0.1) is 0 Å². The number of aryl methyl sites for hydroxylation is 1. The van der Waals surface area contributed by atoms with E-state index in [1.54, 1.807) is 16.8 Å². The summed E-state index contributed by atoms with van der Waals surface area (Å²) in [4.78, 5) is 13.9. The van der Waals surface area contributed by atoms with E-state index in [0.29, 0.717) is 5.69 Å². The summed E-state index contributed by atoms with van der Waals surface area (Å²) in [5.74, 6) is 0. The van der Waals surface area contributed by atoms with Crippen molar-refractivity contribution in [3.05, 3.63) is 28.7 Å². The number of nitrogens with two attached hydrogens (primary N) is 1. The zero-order valence-electron chi connectivity index (χ0n) is 9.97. The zero-order chi connectivity index (χ0) is 12.1. The average Bonchev–Trinajstić information content (AvgIpc) is 2.35. The van der Waals surface area contributed by atoms with Gasteiger partial charge in [0.25, 0.3) is 5.56 Å². The number of hydrogen-bond donors (Lipinski definition) is 1. The summed E-state index contributed by atoms with van der Waals surface area (Å²) in [6.07, 6.45) is 2.67. The highest BCUT2D eigenvalue weighted by molar-refractivity contribution is 5.33. The molecule has 0 aromatic carbocycles. The van der Waals surface area contributed by atoms with Crippen molar-refractivity contribution >= 4 is 5.69 Å². The van der Waals surface area contributed by atoms with E-state index in [0.717, 1.165) is 45.8 Å². The summed E-state index contributed by atoms with van der Waals surface area (Å²) in [6.45, 7) is 5.35. The molecule has 1 aromatic rings. The predicted molar refractivity (Wildman–Crippen MR) is 67.0 cm³/mol. The lowest BCUT2D eigenvalue weighted by molar-refractivity contribution is 0.0369. The predicted octanol–water partition coefficient (Wildman–Crippen LogP) is 0.153. The standard InChI is InChI=1S/C12H19N3O2/c13-11-2-3-12(16)15(10-11)5-1-4-14-6-8-17-9-7-14/h2-3,10H,1,4-9,13H2. The summed E-state index contributed by atoms with van der Waals surface area (Å²) >= 11 is 0. The van der Waals surface area contributed by atoms with E-state index < -0.39 is 0 Å². The van der Waals surface area contributed by atoms with Crippen molar-refractivity contribution < 1.29 is 4.74 Å². The third-order valence-electron chi connectivity index (χ3n) is 2.98. The van der Waals surface area contributed by atoms with Gasteiger partial charge >= 0.3 is 0 Å². The first-order valence-corrected chi connectivity index (χ1v) is 6.02. The van der Waals surface area contributed by atoms with Gasteiger partial charge in [0.1, 0.15) is 0 Å². The SMILES string of the molecule is Nc1ccc(=O)n(CCCN2CCOCC2)c1. The minimum atomic E-state index is 0.0150. The molecule has 1 saturated heterocycles. The number of nitrogens with zero attached hydrogens (tertiary/aromatic N) is 2. The van der Waals surface area contributed by atoms with Gasteiger partial charge in [0.05, 0.1) is 13.2 Å². The molecule has 2 rings (SSSR count). The molecule has 1 fully saturated rings. The fourth-order valence-corrected chi connectivity index (χ4v) is 2.01. The molecule has 0 aliphatic carbocycles. The Balaban J connectivity index is 1.81. The number of ether oxygens (including phenoxy) is 1. The summed E-state index contributed by atoms with van der Waals surface area (Å²) < 4.78 is 6.96. The molecule has 0 spiro atoms. The summed E-state index contributed by atoms with van der Waals surface area (Å²) in [5, 5.41) is 0. The van der Waals surface area contributed by atoms with Crippen LogP contribution in [0.1, 0.15) is 6.42 Å². The Kier molecular flexibility index (Phi) is 4.17. The molecule has 0 amide bonds. The van der Waals surface area contributed by atoms with Crippen LogP contribution >= 0.6 is 0 Å². The van der Waals surface area contributed by atoms with E-state index in [9.17, 15) is 4.79 Å². The number of nitrogen functional groups attached to an aromatic ring is 1. The fourth-order valence-electron chi connectivity index (χ4n) is 2.01. The van der Waals surface area contributed by atoms with E-state index in [-0.39, 0.29) is 5.56 Å². The number of rotatable bonds is 4. The minimum Gasteiger partial charge on any atom is -0.398 e. The lowest BCUT2D eigenvalue weighted by Crippen LogP contribution is -2.37. The van der Waals surface area contributed by atoms with E-state index >= 15 is 0 Å². The van der Waals surface area contributed by atoms with Gasteiger partial charge in [-0.15, -0.1) is 0 Å². The van der Waals surface area contributed by atoms with Crippen molar-refractivity contribution in [1.82, 2.24) is 9.47 Å². The molecule has 17 heavy (non-hydrogen) atoms. The van der Waals surface area contributed by atoms with Gasteiger partial charge in [0.15, 0.2) is 0 Å². The van der Waals surface area contributed by atoms with Crippen LogP contribution in [-0.2, 0) is 11.3 Å². The van der Waals surface area contributed by atoms with E-state index in [2.05, 4.69) is 4.90 Å². The molecule has 0 bridgehead atoms. The quantitative estimate of drug-likeness (QED) is 0.810. The van der Waals surface area contributed by atoms with Crippen molar-refractivity contribution in [2.75, 3.05) is 38.6 Å². The van der Waals surface area contributed by atoms with Gasteiger partial charge in [-0.3, -0.25) is 9.69 Å². The average molecular weight is 237 g/mol. The molecule has 94 valence electrons. The molecule has 0 saturated carbocycles. The molecule has 5 nitrogen and oxygen atoms in total. The lowest BCUT2D eigenvalue weighted by atomic mass is 10.3. The van der Waals surface area contributed by atoms with Crippen LogP contribution in [0.15, 0.2) is 23.1 Å². The Morgan fingerprint density at radius 3 is 2.76 bits per heavy atom. The zero-order valence-corrected chi connectivity index (χ0v) is 9.97.